The average molecular weight is 234 g/mol. The molecule has 1 heterocycles. The van der Waals surface area contributed by atoms with Crippen LogP contribution in [-0.2, 0) is 6.54 Å². The van der Waals surface area contributed by atoms with Gasteiger partial charge in [-0.25, -0.2) is 0 Å². The van der Waals surface area contributed by atoms with E-state index in [4.69, 9.17) is 0 Å². The van der Waals surface area contributed by atoms with Gasteiger partial charge in [0.1, 0.15) is 5.75 Å². The smallest absolute Gasteiger partial charge is 0.115 e. The van der Waals surface area contributed by atoms with E-state index in [0.717, 1.165) is 19.6 Å². The largest absolute Gasteiger partial charge is 0.508 e. The number of rotatable bonds is 4. The van der Waals surface area contributed by atoms with E-state index in [1.165, 1.54) is 12.0 Å². The second kappa shape index (κ2) is 5.52. The first-order valence-corrected chi connectivity index (χ1v) is 6.41. The Morgan fingerprint density at radius 2 is 2.06 bits per heavy atom. The van der Waals surface area contributed by atoms with Crippen molar-refractivity contribution in [3.8, 4) is 5.75 Å². The zero-order chi connectivity index (χ0) is 12.3. The van der Waals surface area contributed by atoms with Gasteiger partial charge >= 0.3 is 0 Å². The molecule has 2 rings (SSSR count). The Morgan fingerprint density at radius 1 is 1.35 bits per heavy atom. The molecule has 1 aliphatic heterocycles. The highest BCUT2D eigenvalue weighted by molar-refractivity contribution is 5.25. The van der Waals surface area contributed by atoms with Gasteiger partial charge in [0.15, 0.2) is 0 Å². The lowest BCUT2D eigenvalue weighted by atomic mass is 10.1. The van der Waals surface area contributed by atoms with E-state index in [2.05, 4.69) is 24.1 Å². The maximum atomic E-state index is 9.29. The Kier molecular flexibility index (Phi) is 4.02. The monoisotopic (exact) mass is 234 g/mol. The Hall–Kier alpha value is -1.06. The Balaban J connectivity index is 2.04. The number of phenolic OH excluding ortho intramolecular Hbond substituents is 1. The van der Waals surface area contributed by atoms with Crippen molar-refractivity contribution < 1.29 is 5.11 Å². The lowest BCUT2D eigenvalue weighted by molar-refractivity contribution is 0.154. The third-order valence-corrected chi connectivity index (χ3v) is 3.47. The zero-order valence-electron chi connectivity index (χ0n) is 10.7. The van der Waals surface area contributed by atoms with Gasteiger partial charge in [-0.05, 0) is 44.5 Å². The quantitative estimate of drug-likeness (QED) is 0.836. The first-order valence-electron chi connectivity index (χ1n) is 6.41. The van der Waals surface area contributed by atoms with Crippen LogP contribution in [0.2, 0.25) is 0 Å². The molecule has 1 saturated heterocycles. The Morgan fingerprint density at radius 3 is 2.59 bits per heavy atom. The van der Waals surface area contributed by atoms with Gasteiger partial charge in [-0.2, -0.15) is 0 Å². The van der Waals surface area contributed by atoms with Gasteiger partial charge in [0, 0.05) is 25.2 Å². The molecule has 0 saturated carbocycles. The van der Waals surface area contributed by atoms with Crippen LogP contribution in [0, 0.1) is 0 Å². The minimum absolute atomic E-state index is 0.340. The van der Waals surface area contributed by atoms with Crippen molar-refractivity contribution in [1.82, 2.24) is 10.2 Å². The molecule has 1 unspecified atom stereocenters. The Labute approximate surface area is 103 Å². The molecule has 3 nitrogen and oxygen atoms in total. The van der Waals surface area contributed by atoms with Gasteiger partial charge in [0.2, 0.25) is 0 Å². The fourth-order valence-electron chi connectivity index (χ4n) is 2.47. The standard InChI is InChI=1S/C14H22N2O/c1-11(2)16(13-7-8-15-9-13)10-12-3-5-14(17)6-4-12/h3-6,11,13,15,17H,7-10H2,1-2H3. The predicted octanol–water partition coefficient (Wildman–Crippen LogP) is 1.96. The van der Waals surface area contributed by atoms with Crippen molar-refractivity contribution in [2.75, 3.05) is 13.1 Å². The van der Waals surface area contributed by atoms with Crippen LogP contribution in [0.15, 0.2) is 24.3 Å². The van der Waals surface area contributed by atoms with E-state index in [-0.39, 0.29) is 0 Å². The molecule has 0 aromatic heterocycles. The first-order chi connectivity index (χ1) is 8.16. The lowest BCUT2D eigenvalue weighted by Crippen LogP contribution is -2.41. The van der Waals surface area contributed by atoms with Crippen LogP contribution in [0.4, 0.5) is 0 Å². The van der Waals surface area contributed by atoms with Crippen molar-refractivity contribution in [3.63, 3.8) is 0 Å². The molecular weight excluding hydrogens is 212 g/mol. The van der Waals surface area contributed by atoms with Crippen LogP contribution in [0.1, 0.15) is 25.8 Å². The molecule has 1 aliphatic rings. The SMILES string of the molecule is CC(C)N(Cc1ccc(O)cc1)C1CCNC1. The van der Waals surface area contributed by atoms with E-state index >= 15 is 0 Å². The molecule has 0 radical (unpaired) electrons. The third kappa shape index (κ3) is 3.20. The van der Waals surface area contributed by atoms with E-state index < -0.39 is 0 Å². The molecule has 0 spiro atoms. The van der Waals surface area contributed by atoms with Crippen LogP contribution in [0.3, 0.4) is 0 Å². The molecule has 3 heteroatoms. The van der Waals surface area contributed by atoms with Gasteiger partial charge in [-0.3, -0.25) is 4.90 Å². The van der Waals surface area contributed by atoms with E-state index in [0.29, 0.717) is 17.8 Å². The fourth-order valence-corrected chi connectivity index (χ4v) is 2.47. The molecule has 2 N–H and O–H groups in total. The summed E-state index contributed by atoms with van der Waals surface area (Å²) >= 11 is 0. The summed E-state index contributed by atoms with van der Waals surface area (Å²) in [5, 5.41) is 12.7. The second-order valence-electron chi connectivity index (χ2n) is 5.08. The normalized spacial score (nSPS) is 20.4. The van der Waals surface area contributed by atoms with E-state index in [9.17, 15) is 5.11 Å². The summed E-state index contributed by atoms with van der Waals surface area (Å²) in [4.78, 5) is 2.53. The number of nitrogens with one attached hydrogen (secondary N) is 1. The van der Waals surface area contributed by atoms with Crippen LogP contribution in [-0.4, -0.2) is 35.2 Å². The van der Waals surface area contributed by atoms with Crippen LogP contribution in [0.5, 0.6) is 5.75 Å². The van der Waals surface area contributed by atoms with Gasteiger partial charge < -0.3 is 10.4 Å². The van der Waals surface area contributed by atoms with Gasteiger partial charge in [0.05, 0.1) is 0 Å². The molecule has 1 aromatic rings. The third-order valence-electron chi connectivity index (χ3n) is 3.47. The second-order valence-corrected chi connectivity index (χ2v) is 5.08. The number of hydrogen-bond donors (Lipinski definition) is 2. The zero-order valence-corrected chi connectivity index (χ0v) is 10.7. The minimum Gasteiger partial charge on any atom is -0.508 e. The van der Waals surface area contributed by atoms with Crippen molar-refractivity contribution in [2.24, 2.45) is 0 Å². The molecule has 0 aliphatic carbocycles. The van der Waals surface area contributed by atoms with Crippen molar-refractivity contribution in [2.45, 2.75) is 38.9 Å². The number of benzene rings is 1. The lowest BCUT2D eigenvalue weighted by Gasteiger charge is -2.32. The topological polar surface area (TPSA) is 35.5 Å². The maximum Gasteiger partial charge on any atom is 0.115 e. The fraction of sp³-hybridized carbons (Fsp3) is 0.571. The van der Waals surface area contributed by atoms with Crippen molar-refractivity contribution >= 4 is 0 Å². The number of nitrogens with zero attached hydrogens (tertiary/aromatic N) is 1. The Bertz CT molecular complexity index is 342. The van der Waals surface area contributed by atoms with E-state index in [1.54, 1.807) is 12.1 Å². The van der Waals surface area contributed by atoms with Gasteiger partial charge in [0.25, 0.3) is 0 Å². The molecule has 1 aromatic carbocycles. The molecule has 17 heavy (non-hydrogen) atoms. The number of phenols is 1. The predicted molar refractivity (Wildman–Crippen MR) is 70.1 cm³/mol. The maximum absolute atomic E-state index is 9.29. The van der Waals surface area contributed by atoms with Gasteiger partial charge in [-0.15, -0.1) is 0 Å². The molecular formula is C14H22N2O. The molecule has 1 atom stereocenters. The van der Waals surface area contributed by atoms with Crippen molar-refractivity contribution in [3.05, 3.63) is 29.8 Å². The highest BCUT2D eigenvalue weighted by Gasteiger charge is 2.24. The summed E-state index contributed by atoms with van der Waals surface area (Å²) in [5.74, 6) is 0.340. The summed E-state index contributed by atoms with van der Waals surface area (Å²) < 4.78 is 0. The minimum atomic E-state index is 0.340. The summed E-state index contributed by atoms with van der Waals surface area (Å²) in [6.07, 6.45) is 1.23. The van der Waals surface area contributed by atoms with Gasteiger partial charge in [-0.1, -0.05) is 12.1 Å². The highest BCUT2D eigenvalue weighted by Crippen LogP contribution is 2.18. The first kappa shape index (κ1) is 12.4. The number of hydrogen-bond acceptors (Lipinski definition) is 3. The molecule has 0 amide bonds. The average Bonchev–Trinajstić information content (AvgIpc) is 2.81. The van der Waals surface area contributed by atoms with Crippen LogP contribution in [0.25, 0.3) is 0 Å². The highest BCUT2D eigenvalue weighted by atomic mass is 16.3. The molecule has 94 valence electrons. The summed E-state index contributed by atoms with van der Waals surface area (Å²) in [6, 6.07) is 8.74. The number of aromatic hydroxyl groups is 1. The molecule has 1 fully saturated rings. The summed E-state index contributed by atoms with van der Waals surface area (Å²) in [6.45, 7) is 7.68. The summed E-state index contributed by atoms with van der Waals surface area (Å²) in [7, 11) is 0. The molecule has 0 bridgehead atoms. The summed E-state index contributed by atoms with van der Waals surface area (Å²) in [5.41, 5.74) is 1.27. The van der Waals surface area contributed by atoms with Crippen LogP contribution >= 0.6 is 0 Å². The van der Waals surface area contributed by atoms with Crippen molar-refractivity contribution in [1.29, 1.82) is 0 Å². The van der Waals surface area contributed by atoms with Crippen LogP contribution < -0.4 is 5.32 Å². The van der Waals surface area contributed by atoms with E-state index in [1.807, 2.05) is 12.1 Å².